The van der Waals surface area contributed by atoms with Crippen molar-refractivity contribution in [2.45, 2.75) is 19.3 Å². The Labute approximate surface area is 208 Å². The van der Waals surface area contributed by atoms with E-state index in [2.05, 4.69) is 58.9 Å². The quantitative estimate of drug-likeness (QED) is 0.419. The van der Waals surface area contributed by atoms with Crippen molar-refractivity contribution in [2.24, 2.45) is 0 Å². The molecule has 3 aromatic carbocycles. The first-order valence-corrected chi connectivity index (χ1v) is 12.3. The van der Waals surface area contributed by atoms with Crippen molar-refractivity contribution in [3.8, 4) is 22.6 Å². The lowest BCUT2D eigenvalue weighted by Gasteiger charge is -2.15. The molecule has 1 N–H and O–H groups in total. The van der Waals surface area contributed by atoms with Gasteiger partial charge in [0.1, 0.15) is 18.1 Å². The highest BCUT2D eigenvalue weighted by Crippen LogP contribution is 2.28. The maximum absolute atomic E-state index is 11.7. The number of carbonyl (C=O) groups is 1. The number of likely N-dealkylation sites (tertiary alicyclic amines) is 1. The number of rotatable bonds is 11. The molecule has 0 aromatic heterocycles. The highest BCUT2D eigenvalue weighted by atomic mass is 16.5. The van der Waals surface area contributed by atoms with Gasteiger partial charge in [-0.05, 0) is 78.9 Å². The highest BCUT2D eigenvalue weighted by Gasteiger charge is 2.11. The maximum atomic E-state index is 11.7. The van der Waals surface area contributed by atoms with Crippen LogP contribution in [0.1, 0.15) is 24.0 Å². The zero-order chi connectivity index (χ0) is 24.5. The van der Waals surface area contributed by atoms with Crippen LogP contribution in [0.15, 0.2) is 72.8 Å². The van der Waals surface area contributed by atoms with Crippen molar-refractivity contribution >= 4 is 5.91 Å². The molecule has 6 heteroatoms. The van der Waals surface area contributed by atoms with Crippen LogP contribution >= 0.6 is 0 Å². The van der Waals surface area contributed by atoms with E-state index in [9.17, 15) is 4.79 Å². The summed E-state index contributed by atoms with van der Waals surface area (Å²) in [7, 11) is 3.53. The number of amides is 1. The van der Waals surface area contributed by atoms with Crippen LogP contribution in [0.5, 0.6) is 11.5 Å². The van der Waals surface area contributed by atoms with Crippen LogP contribution in [0.4, 0.5) is 0 Å². The summed E-state index contributed by atoms with van der Waals surface area (Å²) in [6.45, 7) is 4.11. The zero-order valence-corrected chi connectivity index (χ0v) is 20.7. The lowest BCUT2D eigenvalue weighted by molar-refractivity contribution is -0.126. The van der Waals surface area contributed by atoms with Gasteiger partial charge in [0.05, 0.1) is 0 Å². The lowest BCUT2D eigenvalue weighted by atomic mass is 9.95. The van der Waals surface area contributed by atoms with Crippen molar-refractivity contribution in [3.63, 3.8) is 0 Å². The first-order chi connectivity index (χ1) is 17.1. The van der Waals surface area contributed by atoms with Gasteiger partial charge in [-0.25, -0.2) is 5.01 Å². The van der Waals surface area contributed by atoms with Crippen molar-refractivity contribution in [1.29, 1.82) is 0 Å². The number of benzene rings is 3. The number of carbonyl (C=O) groups excluding carboxylic acids is 1. The van der Waals surface area contributed by atoms with Crippen LogP contribution in [-0.2, 0) is 11.2 Å². The van der Waals surface area contributed by atoms with Gasteiger partial charge < -0.3 is 9.47 Å². The molecule has 0 saturated carbocycles. The average molecular weight is 474 g/mol. The monoisotopic (exact) mass is 473 g/mol. The second-order valence-corrected chi connectivity index (χ2v) is 9.12. The minimum absolute atomic E-state index is 0.0155. The minimum atomic E-state index is -0.184. The highest BCUT2D eigenvalue weighted by molar-refractivity contribution is 5.76. The number of nitrogens with zero attached hydrogens (tertiary/aromatic N) is 2. The Balaban J connectivity index is 1.34. The summed E-state index contributed by atoms with van der Waals surface area (Å²) in [5, 5.41) is 1.60. The van der Waals surface area contributed by atoms with Gasteiger partial charge in [0, 0.05) is 20.6 Å². The molecule has 0 spiro atoms. The normalized spacial score (nSPS) is 13.7. The second kappa shape index (κ2) is 12.4. The Bertz CT molecular complexity index is 1080. The molecule has 35 heavy (non-hydrogen) atoms. The molecule has 1 fully saturated rings. The molecular formula is C29H35N3O3. The Morgan fingerprint density at radius 1 is 0.886 bits per heavy atom. The summed E-state index contributed by atoms with van der Waals surface area (Å²) < 4.78 is 11.6. The molecule has 0 bridgehead atoms. The summed E-state index contributed by atoms with van der Waals surface area (Å²) in [5.41, 5.74) is 7.51. The molecule has 1 aliphatic heterocycles. The molecule has 1 amide bonds. The molecule has 0 unspecified atom stereocenters. The maximum Gasteiger partial charge on any atom is 0.272 e. The molecule has 0 aliphatic carbocycles. The summed E-state index contributed by atoms with van der Waals surface area (Å²) in [6.07, 6.45) is 3.43. The van der Waals surface area contributed by atoms with Crippen molar-refractivity contribution < 1.29 is 14.3 Å². The molecule has 0 atom stereocenters. The van der Waals surface area contributed by atoms with Gasteiger partial charge in [-0.3, -0.25) is 15.1 Å². The molecule has 0 radical (unpaired) electrons. The molecule has 184 valence electrons. The van der Waals surface area contributed by atoms with Crippen LogP contribution < -0.4 is 14.9 Å². The fourth-order valence-corrected chi connectivity index (χ4v) is 4.34. The van der Waals surface area contributed by atoms with E-state index in [1.807, 2.05) is 24.3 Å². The Morgan fingerprint density at radius 2 is 1.54 bits per heavy atom. The predicted molar refractivity (Wildman–Crippen MR) is 140 cm³/mol. The van der Waals surface area contributed by atoms with E-state index in [1.165, 1.54) is 48.2 Å². The lowest BCUT2D eigenvalue weighted by Crippen LogP contribution is -2.39. The molecule has 4 rings (SSSR count). The fourth-order valence-electron chi connectivity index (χ4n) is 4.34. The fraction of sp³-hybridized carbons (Fsp3) is 0.345. The molecule has 1 aliphatic rings. The molecule has 1 heterocycles. The SMILES string of the molecule is CN(C)NC(=O)COc1ccc(Cc2ccccc2-c2ccc(OCCN3CCCC3)cc2)cc1. The topological polar surface area (TPSA) is 54.0 Å². The minimum Gasteiger partial charge on any atom is -0.492 e. The molecule has 6 nitrogen and oxygen atoms in total. The van der Waals surface area contributed by atoms with Gasteiger partial charge in [-0.15, -0.1) is 0 Å². The van der Waals surface area contributed by atoms with Crippen LogP contribution in [0.25, 0.3) is 11.1 Å². The summed E-state index contributed by atoms with van der Waals surface area (Å²) in [4.78, 5) is 14.2. The summed E-state index contributed by atoms with van der Waals surface area (Å²) in [6, 6.07) is 24.8. The van der Waals surface area contributed by atoms with Crippen LogP contribution in [0.3, 0.4) is 0 Å². The van der Waals surface area contributed by atoms with E-state index in [1.54, 1.807) is 19.1 Å². The third-order valence-electron chi connectivity index (χ3n) is 6.09. The zero-order valence-electron chi connectivity index (χ0n) is 20.7. The standard InChI is InChI=1S/C29H35N3O3/c1-31(2)30-29(33)22-35-27-13-9-23(10-14-27)21-25-7-3-4-8-28(25)24-11-15-26(16-12-24)34-20-19-32-17-5-6-18-32/h3-4,7-16H,5-6,17-22H2,1-2H3,(H,30,33). The Morgan fingerprint density at radius 3 is 2.26 bits per heavy atom. The van der Waals surface area contributed by atoms with Crippen molar-refractivity contribution in [3.05, 3.63) is 83.9 Å². The van der Waals surface area contributed by atoms with Gasteiger partial charge in [0.15, 0.2) is 6.61 Å². The third-order valence-corrected chi connectivity index (χ3v) is 6.09. The summed E-state index contributed by atoms with van der Waals surface area (Å²) >= 11 is 0. The Kier molecular flexibility index (Phi) is 8.76. The van der Waals surface area contributed by atoms with Crippen LogP contribution in [0.2, 0.25) is 0 Å². The first kappa shape index (κ1) is 24.8. The van der Waals surface area contributed by atoms with Crippen LogP contribution in [-0.4, -0.2) is 62.8 Å². The van der Waals surface area contributed by atoms with Gasteiger partial charge in [0.2, 0.25) is 0 Å². The first-order valence-electron chi connectivity index (χ1n) is 12.3. The smallest absolute Gasteiger partial charge is 0.272 e. The third kappa shape index (κ3) is 7.57. The van der Waals surface area contributed by atoms with Crippen molar-refractivity contribution in [2.75, 3.05) is 46.9 Å². The molecule has 1 saturated heterocycles. The van der Waals surface area contributed by atoms with E-state index in [0.717, 1.165) is 25.3 Å². The van der Waals surface area contributed by atoms with E-state index in [-0.39, 0.29) is 12.5 Å². The number of hydrogen-bond donors (Lipinski definition) is 1. The van der Waals surface area contributed by atoms with E-state index in [0.29, 0.717) is 5.75 Å². The van der Waals surface area contributed by atoms with Crippen LogP contribution in [0, 0.1) is 0 Å². The number of ether oxygens (including phenoxy) is 2. The Hall–Kier alpha value is -3.35. The second-order valence-electron chi connectivity index (χ2n) is 9.12. The molecular weight excluding hydrogens is 438 g/mol. The van der Waals surface area contributed by atoms with Gasteiger partial charge in [-0.1, -0.05) is 48.5 Å². The predicted octanol–water partition coefficient (Wildman–Crippen LogP) is 4.39. The number of nitrogens with one attached hydrogen (secondary N) is 1. The van der Waals surface area contributed by atoms with E-state index in [4.69, 9.17) is 9.47 Å². The molecule has 3 aromatic rings. The van der Waals surface area contributed by atoms with E-state index < -0.39 is 0 Å². The number of hydrazine groups is 1. The summed E-state index contributed by atoms with van der Waals surface area (Å²) in [5.74, 6) is 1.41. The number of hydrogen-bond acceptors (Lipinski definition) is 5. The van der Waals surface area contributed by atoms with E-state index >= 15 is 0 Å². The largest absolute Gasteiger partial charge is 0.492 e. The van der Waals surface area contributed by atoms with Gasteiger partial charge >= 0.3 is 0 Å². The average Bonchev–Trinajstić information content (AvgIpc) is 3.38. The van der Waals surface area contributed by atoms with Crippen molar-refractivity contribution in [1.82, 2.24) is 15.3 Å². The van der Waals surface area contributed by atoms with Gasteiger partial charge in [-0.2, -0.15) is 0 Å². The van der Waals surface area contributed by atoms with Gasteiger partial charge in [0.25, 0.3) is 5.91 Å².